The molecule has 0 amide bonds. The highest BCUT2D eigenvalue weighted by Crippen LogP contribution is 2.29. The van der Waals surface area contributed by atoms with E-state index < -0.39 is 0 Å². The second-order valence-electron chi connectivity index (χ2n) is 4.48. The van der Waals surface area contributed by atoms with Gasteiger partial charge in [0.05, 0.1) is 13.7 Å². The molecule has 1 saturated heterocycles. The summed E-state index contributed by atoms with van der Waals surface area (Å²) in [6.45, 7) is 2.02. The average molecular weight is 583 g/mol. The van der Waals surface area contributed by atoms with Gasteiger partial charge in [0, 0.05) is 9.61 Å². The van der Waals surface area contributed by atoms with Crippen LogP contribution in [0.1, 0.15) is 25.7 Å². The van der Waals surface area contributed by atoms with Crippen molar-refractivity contribution in [2.24, 2.45) is 0 Å². The number of nitrogens with one attached hydrogen (secondary N) is 1. The second-order valence-corrected chi connectivity index (χ2v) is 8.05. The summed E-state index contributed by atoms with van der Waals surface area (Å²) in [6.07, 6.45) is 5.03. The first-order chi connectivity index (χ1) is 8.66. The van der Waals surface area contributed by atoms with Gasteiger partial charge in [-0.3, -0.25) is 0 Å². The Morgan fingerprint density at radius 1 is 1.22 bits per heavy atom. The summed E-state index contributed by atoms with van der Waals surface area (Å²) in [4.78, 5) is 0. The van der Waals surface area contributed by atoms with Gasteiger partial charge in [-0.25, -0.2) is 0 Å². The largest absolute Gasteiger partial charge is 0.491 e. The van der Waals surface area contributed by atoms with E-state index in [1.54, 1.807) is 0 Å². The first-order valence-electron chi connectivity index (χ1n) is 6.17. The minimum absolute atomic E-state index is 0.725. The van der Waals surface area contributed by atoms with Crippen LogP contribution in [0.3, 0.4) is 0 Å². The van der Waals surface area contributed by atoms with E-state index in [2.05, 4.69) is 85.2 Å². The smallest absolute Gasteiger partial charge is 0.145 e. The number of hydrogen-bond donors (Lipinski definition) is 1. The van der Waals surface area contributed by atoms with Crippen LogP contribution in [0.15, 0.2) is 12.1 Å². The maximum absolute atomic E-state index is 5.94. The molecule has 1 unspecified atom stereocenters. The van der Waals surface area contributed by atoms with Crippen molar-refractivity contribution in [3.63, 3.8) is 0 Å². The van der Waals surface area contributed by atoms with Crippen LogP contribution >= 0.6 is 67.8 Å². The molecule has 2 rings (SSSR count). The lowest BCUT2D eigenvalue weighted by atomic mass is 10.1. The van der Waals surface area contributed by atoms with E-state index in [9.17, 15) is 0 Å². The van der Waals surface area contributed by atoms with Crippen molar-refractivity contribution in [3.05, 3.63) is 22.8 Å². The number of halogens is 3. The molecule has 0 spiro atoms. The normalized spacial score (nSPS) is 19.2. The highest BCUT2D eigenvalue weighted by molar-refractivity contribution is 14.1. The van der Waals surface area contributed by atoms with Crippen LogP contribution < -0.4 is 10.1 Å². The average Bonchev–Trinajstić information content (AvgIpc) is 2.79. The third-order valence-corrected chi connectivity index (χ3v) is 5.29. The van der Waals surface area contributed by atoms with E-state index in [-0.39, 0.29) is 0 Å². The van der Waals surface area contributed by atoms with Gasteiger partial charge >= 0.3 is 0 Å². The van der Waals surface area contributed by atoms with Crippen molar-refractivity contribution in [2.45, 2.75) is 31.7 Å². The summed E-state index contributed by atoms with van der Waals surface area (Å²) in [5, 5.41) is 3.53. The predicted octanol–water partition coefficient (Wildman–Crippen LogP) is 4.41. The summed E-state index contributed by atoms with van der Waals surface area (Å²) in [7, 11) is 0. The summed E-state index contributed by atoms with van der Waals surface area (Å²) in [6, 6.07) is 5.05. The zero-order valence-corrected chi connectivity index (χ0v) is 16.5. The molecule has 1 heterocycles. The zero-order chi connectivity index (χ0) is 13.0. The maximum atomic E-state index is 5.94. The number of hydrogen-bond acceptors (Lipinski definition) is 2. The predicted molar refractivity (Wildman–Crippen MR) is 100 cm³/mol. The van der Waals surface area contributed by atoms with Crippen LogP contribution in [-0.2, 0) is 0 Å². The fourth-order valence-electron chi connectivity index (χ4n) is 2.17. The van der Waals surface area contributed by atoms with Crippen LogP contribution in [0, 0.1) is 10.7 Å². The monoisotopic (exact) mass is 583 g/mol. The lowest BCUT2D eigenvalue weighted by Gasteiger charge is -2.13. The van der Waals surface area contributed by atoms with Crippen LogP contribution in [0.25, 0.3) is 0 Å². The third kappa shape index (κ3) is 4.62. The second kappa shape index (κ2) is 7.82. The molecule has 1 fully saturated rings. The molecular formula is C13H16I3NO. The molecule has 0 bridgehead atoms. The van der Waals surface area contributed by atoms with Crippen molar-refractivity contribution >= 4 is 67.8 Å². The molecule has 1 aliphatic rings. The van der Waals surface area contributed by atoms with E-state index in [4.69, 9.17) is 4.74 Å². The SMILES string of the molecule is Ic1cc(I)c(OCCCC2CCCN2)c(I)c1. The van der Waals surface area contributed by atoms with Crippen LogP contribution in [0.5, 0.6) is 5.75 Å². The van der Waals surface area contributed by atoms with Gasteiger partial charge in [0.15, 0.2) is 0 Å². The Morgan fingerprint density at radius 3 is 2.56 bits per heavy atom. The lowest BCUT2D eigenvalue weighted by molar-refractivity contribution is 0.295. The first-order valence-corrected chi connectivity index (χ1v) is 9.41. The molecule has 0 radical (unpaired) electrons. The van der Waals surface area contributed by atoms with Crippen LogP contribution in [0.4, 0.5) is 0 Å². The van der Waals surface area contributed by atoms with E-state index in [0.717, 1.165) is 24.8 Å². The van der Waals surface area contributed by atoms with Crippen molar-refractivity contribution < 1.29 is 4.74 Å². The standard InChI is InChI=1S/C13H16I3NO/c14-9-7-11(15)13(12(16)8-9)18-6-2-4-10-3-1-5-17-10/h7-8,10,17H,1-6H2. The molecule has 2 nitrogen and oxygen atoms in total. The molecule has 0 saturated carbocycles. The van der Waals surface area contributed by atoms with Gasteiger partial charge in [0.2, 0.25) is 0 Å². The van der Waals surface area contributed by atoms with Crippen molar-refractivity contribution in [3.8, 4) is 5.75 Å². The molecule has 1 N–H and O–H groups in total. The molecule has 5 heteroatoms. The van der Waals surface area contributed by atoms with E-state index in [1.807, 2.05) is 0 Å². The number of rotatable bonds is 5. The minimum Gasteiger partial charge on any atom is -0.491 e. The fourth-order valence-corrected chi connectivity index (χ4v) is 6.07. The zero-order valence-electron chi connectivity index (χ0n) is 10.0. The van der Waals surface area contributed by atoms with Gasteiger partial charge in [0.1, 0.15) is 5.75 Å². The Morgan fingerprint density at radius 2 is 1.94 bits per heavy atom. The van der Waals surface area contributed by atoms with Gasteiger partial charge in [-0.2, -0.15) is 0 Å². The number of benzene rings is 1. The Kier molecular flexibility index (Phi) is 6.76. The molecule has 0 aliphatic carbocycles. The molecule has 1 aliphatic heterocycles. The van der Waals surface area contributed by atoms with Crippen LogP contribution in [0.2, 0.25) is 0 Å². The van der Waals surface area contributed by atoms with Crippen molar-refractivity contribution in [1.29, 1.82) is 0 Å². The Labute approximate surface area is 149 Å². The van der Waals surface area contributed by atoms with Gasteiger partial charge in [-0.1, -0.05) is 0 Å². The van der Waals surface area contributed by atoms with Crippen molar-refractivity contribution in [1.82, 2.24) is 5.32 Å². The molecule has 0 aromatic heterocycles. The first kappa shape index (κ1) is 15.6. The van der Waals surface area contributed by atoms with Gasteiger partial charge in [0.25, 0.3) is 0 Å². The fraction of sp³-hybridized carbons (Fsp3) is 0.538. The molecule has 1 atom stereocenters. The topological polar surface area (TPSA) is 21.3 Å². The van der Waals surface area contributed by atoms with Gasteiger partial charge in [-0.15, -0.1) is 0 Å². The third-order valence-electron chi connectivity index (χ3n) is 3.07. The Bertz CT molecular complexity index is 382. The molecule has 1 aromatic carbocycles. The summed E-state index contributed by atoms with van der Waals surface area (Å²) in [5.41, 5.74) is 0. The number of ether oxygens (including phenoxy) is 1. The Hall–Kier alpha value is 1.17. The highest BCUT2D eigenvalue weighted by atomic mass is 127. The maximum Gasteiger partial charge on any atom is 0.145 e. The molecule has 100 valence electrons. The molecule has 18 heavy (non-hydrogen) atoms. The van der Waals surface area contributed by atoms with E-state index in [1.165, 1.54) is 36.5 Å². The quantitative estimate of drug-likeness (QED) is 0.410. The summed E-state index contributed by atoms with van der Waals surface area (Å²) in [5.74, 6) is 1.05. The van der Waals surface area contributed by atoms with Gasteiger partial charge < -0.3 is 10.1 Å². The molecular weight excluding hydrogens is 567 g/mol. The van der Waals surface area contributed by atoms with Crippen molar-refractivity contribution in [2.75, 3.05) is 13.2 Å². The highest BCUT2D eigenvalue weighted by Gasteiger charge is 2.13. The lowest BCUT2D eigenvalue weighted by Crippen LogP contribution is -2.21. The Balaban J connectivity index is 1.79. The molecule has 1 aromatic rings. The summed E-state index contributed by atoms with van der Waals surface area (Å²) < 4.78 is 9.63. The van der Waals surface area contributed by atoms with E-state index in [0.29, 0.717) is 0 Å². The van der Waals surface area contributed by atoms with Gasteiger partial charge in [-0.05, 0) is 112 Å². The summed E-state index contributed by atoms with van der Waals surface area (Å²) >= 11 is 7.05. The van der Waals surface area contributed by atoms with E-state index >= 15 is 0 Å². The minimum atomic E-state index is 0.725. The van der Waals surface area contributed by atoms with Crippen LogP contribution in [-0.4, -0.2) is 19.2 Å².